The molecule has 2 N–H and O–H groups in total. The number of halogens is 1. The molecule has 0 bridgehead atoms. The summed E-state index contributed by atoms with van der Waals surface area (Å²) < 4.78 is 13.0. The second-order valence-corrected chi connectivity index (χ2v) is 5.53. The van der Waals surface area contributed by atoms with E-state index in [0.717, 1.165) is 24.2 Å². The predicted octanol–water partition coefficient (Wildman–Crippen LogP) is 2.54. The molecule has 1 saturated heterocycles. The molecule has 1 fully saturated rings. The molecule has 0 saturated carbocycles. The van der Waals surface area contributed by atoms with E-state index in [-0.39, 0.29) is 12.0 Å². The van der Waals surface area contributed by atoms with E-state index in [9.17, 15) is 9.65 Å². The fourth-order valence-electron chi connectivity index (χ4n) is 2.73. The van der Waals surface area contributed by atoms with Gasteiger partial charge >= 0.3 is 0 Å². The van der Waals surface area contributed by atoms with Crippen molar-refractivity contribution in [2.24, 2.45) is 5.73 Å². The van der Waals surface area contributed by atoms with Crippen LogP contribution in [0.15, 0.2) is 36.4 Å². The summed E-state index contributed by atoms with van der Waals surface area (Å²) in [6, 6.07) is 8.69. The van der Waals surface area contributed by atoms with Gasteiger partial charge in [-0.3, -0.25) is 4.90 Å². The summed E-state index contributed by atoms with van der Waals surface area (Å²) in [5.74, 6) is -0.274. The van der Waals surface area contributed by atoms with Crippen LogP contribution >= 0.6 is 0 Å². The van der Waals surface area contributed by atoms with E-state index >= 15 is 0 Å². The Labute approximate surface area is 119 Å². The summed E-state index contributed by atoms with van der Waals surface area (Å²) in [4.78, 5) is 2.14. The van der Waals surface area contributed by atoms with Gasteiger partial charge in [-0.25, -0.2) is 4.39 Å². The fraction of sp³-hybridized carbons (Fsp3) is 0.438. The molecule has 4 heteroatoms. The molecule has 20 heavy (non-hydrogen) atoms. The average molecular weight is 273 g/mol. The Morgan fingerprint density at radius 2 is 1.95 bits per heavy atom. The highest BCUT2D eigenvalue weighted by atomic mass is 19.1. The van der Waals surface area contributed by atoms with E-state index in [0.29, 0.717) is 12.8 Å². The van der Waals surface area contributed by atoms with Crippen molar-refractivity contribution in [2.45, 2.75) is 31.3 Å². The van der Waals surface area contributed by atoms with Crippen molar-refractivity contribution in [3.05, 3.63) is 47.8 Å². The molecule has 3 nitrogen and oxygen atoms in total. The summed E-state index contributed by atoms with van der Waals surface area (Å²) in [7, 11) is 0. The first-order chi connectivity index (χ1) is 9.48. The number of nitriles is 1. The maximum absolute atomic E-state index is 13.0. The maximum atomic E-state index is 13.0. The topological polar surface area (TPSA) is 53.0 Å². The smallest absolute Gasteiger partial charge is 0.123 e. The molecule has 0 spiro atoms. The van der Waals surface area contributed by atoms with Crippen molar-refractivity contribution >= 4 is 0 Å². The Bertz CT molecular complexity index is 522. The first-order valence-corrected chi connectivity index (χ1v) is 6.81. The van der Waals surface area contributed by atoms with Crippen LogP contribution in [0.25, 0.3) is 0 Å². The van der Waals surface area contributed by atoms with E-state index in [4.69, 9.17) is 5.73 Å². The number of piperidine rings is 1. The van der Waals surface area contributed by atoms with Gasteiger partial charge in [0, 0.05) is 13.1 Å². The van der Waals surface area contributed by atoms with E-state index in [1.54, 1.807) is 12.1 Å². The Morgan fingerprint density at radius 3 is 2.40 bits per heavy atom. The number of benzene rings is 1. The van der Waals surface area contributed by atoms with Crippen molar-refractivity contribution < 1.29 is 4.39 Å². The molecule has 1 aromatic rings. The highest BCUT2D eigenvalue weighted by Gasteiger charge is 2.37. The maximum Gasteiger partial charge on any atom is 0.123 e. The van der Waals surface area contributed by atoms with Crippen LogP contribution in [-0.4, -0.2) is 24.2 Å². The Kier molecular flexibility index (Phi) is 4.22. The minimum absolute atomic E-state index is 0.153. The third-order valence-electron chi connectivity index (χ3n) is 4.16. The Morgan fingerprint density at radius 1 is 1.40 bits per heavy atom. The zero-order chi connectivity index (χ0) is 14.8. The second kappa shape index (κ2) is 5.74. The van der Waals surface area contributed by atoms with Gasteiger partial charge in [-0.05, 0) is 43.0 Å². The first kappa shape index (κ1) is 14.7. The Balaban J connectivity index is 2.15. The zero-order valence-electron chi connectivity index (χ0n) is 11.8. The zero-order valence-corrected chi connectivity index (χ0v) is 11.8. The van der Waals surface area contributed by atoms with Crippen LogP contribution in [0.3, 0.4) is 0 Å². The molecule has 1 aliphatic rings. The normalized spacial score (nSPS) is 20.1. The van der Waals surface area contributed by atoms with Crippen molar-refractivity contribution in [1.29, 1.82) is 5.26 Å². The Hall–Kier alpha value is -1.70. The lowest BCUT2D eigenvalue weighted by Crippen LogP contribution is -2.50. The van der Waals surface area contributed by atoms with Crippen LogP contribution in [0.2, 0.25) is 0 Å². The SMILES string of the molecule is C=C(C)C(N)N1CCC(C#N)(c2ccc(F)cc2)CC1. The summed E-state index contributed by atoms with van der Waals surface area (Å²) in [5.41, 5.74) is 7.37. The van der Waals surface area contributed by atoms with Gasteiger partial charge in [0.25, 0.3) is 0 Å². The van der Waals surface area contributed by atoms with Crippen molar-refractivity contribution in [2.75, 3.05) is 13.1 Å². The highest BCUT2D eigenvalue weighted by Crippen LogP contribution is 2.35. The third-order valence-corrected chi connectivity index (χ3v) is 4.16. The minimum Gasteiger partial charge on any atom is -0.312 e. The largest absolute Gasteiger partial charge is 0.312 e. The van der Waals surface area contributed by atoms with Crippen molar-refractivity contribution in [1.82, 2.24) is 4.90 Å². The molecule has 1 aliphatic heterocycles. The molecular formula is C16H20FN3. The van der Waals surface area contributed by atoms with Crippen molar-refractivity contribution in [3.63, 3.8) is 0 Å². The first-order valence-electron chi connectivity index (χ1n) is 6.81. The molecule has 0 aliphatic carbocycles. The number of likely N-dealkylation sites (tertiary alicyclic amines) is 1. The molecule has 1 atom stereocenters. The molecular weight excluding hydrogens is 253 g/mol. The molecule has 0 amide bonds. The van der Waals surface area contributed by atoms with E-state index in [1.165, 1.54) is 12.1 Å². The monoisotopic (exact) mass is 273 g/mol. The van der Waals surface area contributed by atoms with Gasteiger partial charge in [-0.2, -0.15) is 5.26 Å². The van der Waals surface area contributed by atoms with E-state index in [1.807, 2.05) is 6.92 Å². The lowest BCUT2D eigenvalue weighted by Gasteiger charge is -2.40. The van der Waals surface area contributed by atoms with Crippen LogP contribution in [0.5, 0.6) is 0 Å². The molecule has 2 rings (SSSR count). The van der Waals surface area contributed by atoms with Crippen LogP contribution in [0.4, 0.5) is 4.39 Å². The van der Waals surface area contributed by atoms with Crippen LogP contribution in [0.1, 0.15) is 25.3 Å². The van der Waals surface area contributed by atoms with Gasteiger partial charge in [0.2, 0.25) is 0 Å². The highest BCUT2D eigenvalue weighted by molar-refractivity contribution is 5.33. The van der Waals surface area contributed by atoms with Gasteiger partial charge < -0.3 is 5.73 Å². The summed E-state index contributed by atoms with van der Waals surface area (Å²) in [6.07, 6.45) is 1.26. The molecule has 0 aromatic heterocycles. The quantitative estimate of drug-likeness (QED) is 0.861. The number of rotatable bonds is 3. The van der Waals surface area contributed by atoms with Crippen LogP contribution in [-0.2, 0) is 5.41 Å². The van der Waals surface area contributed by atoms with Gasteiger partial charge in [0.05, 0.1) is 17.6 Å². The number of nitrogens with zero attached hydrogens (tertiary/aromatic N) is 2. The minimum atomic E-state index is -0.529. The van der Waals surface area contributed by atoms with Gasteiger partial charge in [0.1, 0.15) is 5.82 Å². The van der Waals surface area contributed by atoms with Crippen LogP contribution < -0.4 is 5.73 Å². The van der Waals surface area contributed by atoms with Crippen LogP contribution in [0, 0.1) is 17.1 Å². The standard InChI is InChI=1S/C16H20FN3/c1-12(2)15(19)20-9-7-16(11-18,8-10-20)13-3-5-14(17)6-4-13/h3-6,15H,1,7-10,19H2,2H3. The predicted molar refractivity (Wildman–Crippen MR) is 77.3 cm³/mol. The lowest BCUT2D eigenvalue weighted by molar-refractivity contribution is 0.153. The number of hydrogen-bond donors (Lipinski definition) is 1. The molecule has 106 valence electrons. The lowest BCUT2D eigenvalue weighted by atomic mass is 9.74. The second-order valence-electron chi connectivity index (χ2n) is 5.53. The summed E-state index contributed by atoms with van der Waals surface area (Å²) >= 11 is 0. The average Bonchev–Trinajstić information content (AvgIpc) is 2.47. The number of nitrogens with two attached hydrogens (primary N) is 1. The third kappa shape index (κ3) is 2.74. The summed E-state index contributed by atoms with van der Waals surface area (Å²) in [6.45, 7) is 7.29. The van der Waals surface area contributed by atoms with E-state index in [2.05, 4.69) is 17.5 Å². The molecule has 1 unspecified atom stereocenters. The van der Waals surface area contributed by atoms with Gasteiger partial charge in [-0.15, -0.1) is 0 Å². The number of hydrogen-bond acceptors (Lipinski definition) is 3. The molecule has 1 heterocycles. The molecule has 0 radical (unpaired) electrons. The molecule has 1 aromatic carbocycles. The van der Waals surface area contributed by atoms with Crippen molar-refractivity contribution in [3.8, 4) is 6.07 Å². The van der Waals surface area contributed by atoms with Gasteiger partial charge in [-0.1, -0.05) is 18.7 Å². The summed E-state index contributed by atoms with van der Waals surface area (Å²) in [5, 5.41) is 9.59. The van der Waals surface area contributed by atoms with E-state index < -0.39 is 5.41 Å². The van der Waals surface area contributed by atoms with Gasteiger partial charge in [0.15, 0.2) is 0 Å². The fourth-order valence-corrected chi connectivity index (χ4v) is 2.73.